The molecule has 0 amide bonds. The smallest absolute Gasteiger partial charge is 0.324 e. The van der Waals surface area contributed by atoms with Crippen molar-refractivity contribution in [3.05, 3.63) is 27.1 Å². The van der Waals surface area contributed by atoms with E-state index in [1.54, 1.807) is 5.38 Å². The van der Waals surface area contributed by atoms with Crippen LogP contribution < -0.4 is 0 Å². The Labute approximate surface area is 114 Å². The van der Waals surface area contributed by atoms with Crippen molar-refractivity contribution in [3.8, 4) is 0 Å². The highest BCUT2D eigenvalue weighted by Crippen LogP contribution is 2.26. The summed E-state index contributed by atoms with van der Waals surface area (Å²) >= 11 is 1.09. The number of carboxylic acids is 1. The summed E-state index contributed by atoms with van der Waals surface area (Å²) in [6, 6.07) is 1.07. The quantitative estimate of drug-likeness (QED) is 0.678. The highest BCUT2D eigenvalue weighted by atomic mass is 32.1. The van der Waals surface area contributed by atoms with Crippen LogP contribution in [-0.4, -0.2) is 33.5 Å². The number of hydrogen-bond acceptors (Lipinski definition) is 5. The van der Waals surface area contributed by atoms with E-state index < -0.39 is 16.9 Å². The van der Waals surface area contributed by atoms with Gasteiger partial charge >= 0.3 is 11.0 Å². The van der Waals surface area contributed by atoms with Crippen LogP contribution in [0, 0.1) is 10.1 Å². The minimum atomic E-state index is -0.799. The number of carbonyl (C=O) groups is 1. The summed E-state index contributed by atoms with van der Waals surface area (Å²) in [4.78, 5) is 23.4. The van der Waals surface area contributed by atoms with Gasteiger partial charge in [0.1, 0.15) is 6.04 Å². The van der Waals surface area contributed by atoms with Crippen molar-refractivity contribution >= 4 is 22.3 Å². The van der Waals surface area contributed by atoms with Gasteiger partial charge in [-0.15, -0.1) is 0 Å². The largest absolute Gasteiger partial charge is 0.480 e. The first-order chi connectivity index (χ1) is 9.08. The number of rotatable bonds is 4. The van der Waals surface area contributed by atoms with Crippen LogP contribution in [0.15, 0.2) is 11.4 Å². The first kappa shape index (κ1) is 14.0. The first-order valence-electron chi connectivity index (χ1n) is 6.26. The Bertz CT molecular complexity index is 474. The lowest BCUT2D eigenvalue weighted by atomic mass is 10.1. The van der Waals surface area contributed by atoms with Gasteiger partial charge in [0.25, 0.3) is 0 Å². The third kappa shape index (κ3) is 3.51. The Morgan fingerprint density at radius 2 is 2.32 bits per heavy atom. The maximum absolute atomic E-state index is 11.3. The molecule has 1 N–H and O–H groups in total. The van der Waals surface area contributed by atoms with Gasteiger partial charge < -0.3 is 5.11 Å². The molecular formula is C12H16N2O4S. The fraction of sp³-hybridized carbons (Fsp3) is 0.583. The molecule has 1 unspecified atom stereocenters. The zero-order chi connectivity index (χ0) is 13.8. The lowest BCUT2D eigenvalue weighted by Crippen LogP contribution is -2.40. The number of likely N-dealkylation sites (tertiary alicyclic amines) is 1. The van der Waals surface area contributed by atoms with E-state index >= 15 is 0 Å². The summed E-state index contributed by atoms with van der Waals surface area (Å²) in [5, 5.41) is 21.7. The van der Waals surface area contributed by atoms with Gasteiger partial charge in [0.2, 0.25) is 0 Å². The molecule has 1 saturated heterocycles. The molecule has 0 bridgehead atoms. The molecule has 1 atom stereocenters. The summed E-state index contributed by atoms with van der Waals surface area (Å²) in [5.74, 6) is -0.799. The Morgan fingerprint density at radius 1 is 1.53 bits per heavy atom. The summed E-state index contributed by atoms with van der Waals surface area (Å²) in [7, 11) is 0. The zero-order valence-electron chi connectivity index (χ0n) is 10.4. The monoisotopic (exact) mass is 284 g/mol. The number of hydrogen-bond donors (Lipinski definition) is 1. The van der Waals surface area contributed by atoms with E-state index in [1.807, 2.05) is 4.90 Å². The molecule has 1 aliphatic heterocycles. The SMILES string of the molecule is O=C(O)C1CCCCCN1Cc1csc([N+](=O)[O-])c1. The molecule has 2 heterocycles. The van der Waals surface area contributed by atoms with Crippen LogP contribution in [-0.2, 0) is 11.3 Å². The highest BCUT2D eigenvalue weighted by molar-refractivity contribution is 7.13. The molecule has 1 aromatic rings. The van der Waals surface area contributed by atoms with Gasteiger partial charge in [-0.05, 0) is 24.9 Å². The molecule has 2 rings (SSSR count). The van der Waals surface area contributed by atoms with Crippen LogP contribution in [0.4, 0.5) is 5.00 Å². The summed E-state index contributed by atoms with van der Waals surface area (Å²) in [6.45, 7) is 1.21. The molecule has 0 aliphatic carbocycles. The van der Waals surface area contributed by atoms with Gasteiger partial charge in [0.15, 0.2) is 0 Å². The van der Waals surface area contributed by atoms with Crippen molar-refractivity contribution in [2.45, 2.75) is 38.3 Å². The van der Waals surface area contributed by atoms with Crippen LogP contribution in [0.25, 0.3) is 0 Å². The predicted molar refractivity (Wildman–Crippen MR) is 71.3 cm³/mol. The Hall–Kier alpha value is -1.47. The van der Waals surface area contributed by atoms with E-state index in [9.17, 15) is 20.0 Å². The maximum Gasteiger partial charge on any atom is 0.324 e. The molecule has 0 aromatic carbocycles. The number of thiophene rings is 1. The van der Waals surface area contributed by atoms with Crippen molar-refractivity contribution in [2.75, 3.05) is 6.54 Å². The number of nitrogens with zero attached hydrogens (tertiary/aromatic N) is 2. The predicted octanol–water partition coefficient (Wildman–Crippen LogP) is 2.49. The van der Waals surface area contributed by atoms with Gasteiger partial charge in [-0.1, -0.05) is 24.2 Å². The summed E-state index contributed by atoms with van der Waals surface area (Å²) in [5.41, 5.74) is 0.824. The Balaban J connectivity index is 2.09. The topological polar surface area (TPSA) is 83.7 Å². The standard InChI is InChI=1S/C12H16N2O4S/c15-12(16)10-4-2-1-3-5-13(10)7-9-6-11(14(17)18)19-8-9/h6,8,10H,1-5,7H2,(H,15,16). The minimum absolute atomic E-state index is 0.108. The highest BCUT2D eigenvalue weighted by Gasteiger charge is 2.27. The van der Waals surface area contributed by atoms with Crippen LogP contribution >= 0.6 is 11.3 Å². The van der Waals surface area contributed by atoms with Gasteiger partial charge in [-0.3, -0.25) is 19.8 Å². The summed E-state index contributed by atoms with van der Waals surface area (Å²) in [6.07, 6.45) is 3.61. The van der Waals surface area contributed by atoms with Gasteiger partial charge in [0, 0.05) is 18.0 Å². The average molecular weight is 284 g/mol. The molecule has 1 aromatic heterocycles. The van der Waals surface area contributed by atoms with Gasteiger partial charge in [-0.25, -0.2) is 0 Å². The molecule has 19 heavy (non-hydrogen) atoms. The van der Waals surface area contributed by atoms with Crippen molar-refractivity contribution in [2.24, 2.45) is 0 Å². The van der Waals surface area contributed by atoms with Crippen LogP contribution in [0.1, 0.15) is 31.2 Å². The lowest BCUT2D eigenvalue weighted by Gasteiger charge is -2.26. The van der Waals surface area contributed by atoms with E-state index in [4.69, 9.17) is 0 Å². The second kappa shape index (κ2) is 6.12. The fourth-order valence-electron chi connectivity index (χ4n) is 2.41. The third-order valence-corrected chi connectivity index (χ3v) is 4.28. The molecule has 1 fully saturated rings. The number of aliphatic carboxylic acids is 1. The van der Waals surface area contributed by atoms with E-state index in [2.05, 4.69) is 0 Å². The van der Waals surface area contributed by atoms with E-state index in [1.165, 1.54) is 6.07 Å². The van der Waals surface area contributed by atoms with Crippen LogP contribution in [0.2, 0.25) is 0 Å². The first-order valence-corrected chi connectivity index (χ1v) is 7.14. The molecule has 0 saturated carbocycles. The number of nitro groups is 1. The van der Waals surface area contributed by atoms with Crippen LogP contribution in [0.3, 0.4) is 0 Å². The minimum Gasteiger partial charge on any atom is -0.480 e. The Morgan fingerprint density at radius 3 is 2.95 bits per heavy atom. The van der Waals surface area contributed by atoms with Crippen molar-refractivity contribution in [3.63, 3.8) is 0 Å². The van der Waals surface area contributed by atoms with Crippen molar-refractivity contribution in [1.29, 1.82) is 0 Å². The second-order valence-corrected chi connectivity index (χ2v) is 5.61. The normalized spacial score (nSPS) is 20.9. The van der Waals surface area contributed by atoms with E-state index in [-0.39, 0.29) is 5.00 Å². The molecular weight excluding hydrogens is 268 g/mol. The van der Waals surface area contributed by atoms with Crippen LogP contribution in [0.5, 0.6) is 0 Å². The average Bonchev–Trinajstić information content (AvgIpc) is 2.68. The lowest BCUT2D eigenvalue weighted by molar-refractivity contribution is -0.380. The molecule has 1 aliphatic rings. The molecule has 0 radical (unpaired) electrons. The fourth-order valence-corrected chi connectivity index (χ4v) is 3.13. The van der Waals surface area contributed by atoms with Gasteiger partial charge in [-0.2, -0.15) is 0 Å². The zero-order valence-corrected chi connectivity index (χ0v) is 11.3. The maximum atomic E-state index is 11.3. The molecule has 6 nitrogen and oxygen atoms in total. The van der Waals surface area contributed by atoms with Crippen molar-refractivity contribution < 1.29 is 14.8 Å². The van der Waals surface area contributed by atoms with Crippen molar-refractivity contribution in [1.82, 2.24) is 4.90 Å². The second-order valence-electron chi connectivity index (χ2n) is 4.72. The molecule has 0 spiro atoms. The van der Waals surface area contributed by atoms with Gasteiger partial charge in [0.05, 0.1) is 4.92 Å². The summed E-state index contributed by atoms with van der Waals surface area (Å²) < 4.78 is 0. The van der Waals surface area contributed by atoms with E-state index in [0.717, 1.165) is 42.7 Å². The molecule has 104 valence electrons. The third-order valence-electron chi connectivity index (χ3n) is 3.35. The Kier molecular flexibility index (Phi) is 4.49. The molecule has 7 heteroatoms. The number of carboxylic acid groups (broad SMARTS) is 1. The van der Waals surface area contributed by atoms with E-state index in [0.29, 0.717) is 13.0 Å².